The molecule has 0 unspecified atom stereocenters. The Balaban J connectivity index is 2.34. The van der Waals surface area contributed by atoms with Gasteiger partial charge in [-0.25, -0.2) is 0 Å². The SMILES string of the molecule is CCCCCCCCOc1ccc(C(C)(C)C)cc1[S]. The monoisotopic (exact) mass is 293 g/mol. The normalized spacial score (nSPS) is 11.6. The van der Waals surface area contributed by atoms with Crippen LogP contribution < -0.4 is 4.74 Å². The Morgan fingerprint density at radius 1 is 1.00 bits per heavy atom. The highest BCUT2D eigenvalue weighted by atomic mass is 32.1. The van der Waals surface area contributed by atoms with E-state index in [1.807, 2.05) is 6.07 Å². The highest BCUT2D eigenvalue weighted by molar-refractivity contribution is 7.80. The molecule has 0 aromatic heterocycles. The maximum Gasteiger partial charge on any atom is 0.137 e. The van der Waals surface area contributed by atoms with Crippen molar-refractivity contribution in [1.82, 2.24) is 0 Å². The summed E-state index contributed by atoms with van der Waals surface area (Å²) in [5.41, 5.74) is 1.42. The summed E-state index contributed by atoms with van der Waals surface area (Å²) in [6, 6.07) is 6.23. The van der Waals surface area contributed by atoms with Crippen molar-refractivity contribution in [2.45, 2.75) is 76.5 Å². The van der Waals surface area contributed by atoms with Crippen molar-refractivity contribution in [3.05, 3.63) is 23.8 Å². The Hall–Kier alpha value is -0.760. The summed E-state index contributed by atoms with van der Waals surface area (Å²) in [7, 11) is 0. The second kappa shape index (κ2) is 8.51. The molecule has 113 valence electrons. The molecule has 0 aliphatic heterocycles. The van der Waals surface area contributed by atoms with Gasteiger partial charge in [-0.05, 0) is 29.5 Å². The second-order valence-electron chi connectivity index (χ2n) is 6.53. The van der Waals surface area contributed by atoms with E-state index >= 15 is 0 Å². The minimum Gasteiger partial charge on any atom is -0.492 e. The highest BCUT2D eigenvalue weighted by Crippen LogP contribution is 2.30. The van der Waals surface area contributed by atoms with Crippen molar-refractivity contribution < 1.29 is 4.74 Å². The lowest BCUT2D eigenvalue weighted by molar-refractivity contribution is 0.297. The molecule has 0 saturated heterocycles. The molecule has 1 nitrogen and oxygen atoms in total. The highest BCUT2D eigenvalue weighted by Gasteiger charge is 2.15. The first-order valence-corrected chi connectivity index (χ1v) is 8.30. The standard InChI is InChI=1S/C18H29OS/c1-5-6-7-8-9-10-13-19-16-12-11-15(14-17(16)20)18(2,3)4/h11-12,14H,5-10,13H2,1-4H3. The van der Waals surface area contributed by atoms with Crippen LogP contribution in [-0.4, -0.2) is 6.61 Å². The maximum atomic E-state index is 5.81. The van der Waals surface area contributed by atoms with Crippen LogP contribution in [0.4, 0.5) is 0 Å². The third-order valence-corrected chi connectivity index (χ3v) is 3.88. The van der Waals surface area contributed by atoms with Gasteiger partial charge in [0, 0.05) is 0 Å². The van der Waals surface area contributed by atoms with Gasteiger partial charge in [-0.15, -0.1) is 0 Å². The second-order valence-corrected chi connectivity index (χ2v) is 6.97. The van der Waals surface area contributed by atoms with Crippen LogP contribution in [0.5, 0.6) is 5.75 Å². The van der Waals surface area contributed by atoms with Gasteiger partial charge in [0.1, 0.15) is 5.75 Å². The van der Waals surface area contributed by atoms with E-state index in [9.17, 15) is 0 Å². The molecule has 1 rings (SSSR count). The summed E-state index contributed by atoms with van der Waals surface area (Å²) in [6.45, 7) is 9.63. The summed E-state index contributed by atoms with van der Waals surface area (Å²) in [4.78, 5) is 0.836. The number of hydrogen-bond acceptors (Lipinski definition) is 1. The smallest absolute Gasteiger partial charge is 0.137 e. The Morgan fingerprint density at radius 2 is 1.65 bits per heavy atom. The predicted molar refractivity (Wildman–Crippen MR) is 89.9 cm³/mol. The molecule has 1 aromatic rings. The fourth-order valence-electron chi connectivity index (χ4n) is 2.16. The van der Waals surface area contributed by atoms with Gasteiger partial charge >= 0.3 is 0 Å². The van der Waals surface area contributed by atoms with Gasteiger partial charge in [0.2, 0.25) is 0 Å². The van der Waals surface area contributed by atoms with E-state index in [1.165, 1.54) is 37.7 Å². The third kappa shape index (κ3) is 6.13. The number of ether oxygens (including phenoxy) is 1. The van der Waals surface area contributed by atoms with Crippen molar-refractivity contribution in [1.29, 1.82) is 0 Å². The van der Waals surface area contributed by atoms with E-state index < -0.39 is 0 Å². The first-order valence-electron chi connectivity index (χ1n) is 7.89. The van der Waals surface area contributed by atoms with Crippen LogP contribution >= 0.6 is 12.6 Å². The molecule has 0 saturated carbocycles. The van der Waals surface area contributed by atoms with Crippen LogP contribution in [-0.2, 0) is 5.41 Å². The van der Waals surface area contributed by atoms with E-state index in [1.54, 1.807) is 0 Å². The zero-order valence-corrected chi connectivity index (χ0v) is 14.3. The molecule has 0 amide bonds. The lowest BCUT2D eigenvalue weighted by Crippen LogP contribution is -2.11. The molecule has 0 heterocycles. The maximum absolute atomic E-state index is 5.81. The number of rotatable bonds is 8. The lowest BCUT2D eigenvalue weighted by atomic mass is 9.87. The van der Waals surface area contributed by atoms with E-state index in [0.29, 0.717) is 0 Å². The molecule has 1 aromatic carbocycles. The van der Waals surface area contributed by atoms with Gasteiger partial charge in [0.15, 0.2) is 0 Å². The summed E-state index contributed by atoms with van der Waals surface area (Å²) in [5, 5.41) is 0. The molecular weight excluding hydrogens is 264 g/mol. The average molecular weight is 293 g/mol. The quantitative estimate of drug-likeness (QED) is 0.512. The zero-order chi connectivity index (χ0) is 15.0. The molecular formula is C18H29OS. The van der Waals surface area contributed by atoms with E-state index in [4.69, 9.17) is 17.4 Å². The number of benzene rings is 1. The fourth-order valence-corrected chi connectivity index (χ4v) is 2.41. The van der Waals surface area contributed by atoms with Crippen LogP contribution in [0.3, 0.4) is 0 Å². The Kier molecular flexibility index (Phi) is 7.36. The minimum absolute atomic E-state index is 0.144. The van der Waals surface area contributed by atoms with Crippen molar-refractivity contribution in [2.24, 2.45) is 0 Å². The molecule has 0 atom stereocenters. The molecule has 0 spiro atoms. The van der Waals surface area contributed by atoms with Gasteiger partial charge < -0.3 is 4.74 Å². The van der Waals surface area contributed by atoms with Gasteiger partial charge in [0.25, 0.3) is 0 Å². The van der Waals surface area contributed by atoms with Crippen LogP contribution in [0.1, 0.15) is 71.8 Å². The summed E-state index contributed by atoms with van der Waals surface area (Å²) >= 11 is 5.42. The van der Waals surface area contributed by atoms with Gasteiger partial charge in [0.05, 0.1) is 11.5 Å². The van der Waals surface area contributed by atoms with E-state index in [0.717, 1.165) is 23.7 Å². The Bertz CT molecular complexity index is 393. The van der Waals surface area contributed by atoms with Gasteiger partial charge in [-0.1, -0.05) is 78.5 Å². The van der Waals surface area contributed by atoms with Crippen molar-refractivity contribution >= 4 is 12.6 Å². The summed E-state index contributed by atoms with van der Waals surface area (Å²) in [6.07, 6.45) is 7.71. The molecule has 2 heteroatoms. The fraction of sp³-hybridized carbons (Fsp3) is 0.667. The molecule has 1 radical (unpaired) electrons. The average Bonchev–Trinajstić information content (AvgIpc) is 2.38. The number of hydrogen-bond donors (Lipinski definition) is 0. The molecule has 0 fully saturated rings. The van der Waals surface area contributed by atoms with Crippen LogP contribution in [0, 0.1) is 0 Å². The van der Waals surface area contributed by atoms with E-state index in [-0.39, 0.29) is 5.41 Å². The van der Waals surface area contributed by atoms with E-state index in [2.05, 4.69) is 39.8 Å². The Morgan fingerprint density at radius 3 is 2.25 bits per heavy atom. The zero-order valence-electron chi connectivity index (χ0n) is 13.5. The lowest BCUT2D eigenvalue weighted by Gasteiger charge is -2.20. The molecule has 20 heavy (non-hydrogen) atoms. The van der Waals surface area contributed by atoms with Crippen LogP contribution in [0.2, 0.25) is 0 Å². The van der Waals surface area contributed by atoms with Crippen molar-refractivity contribution in [2.75, 3.05) is 6.61 Å². The van der Waals surface area contributed by atoms with Crippen molar-refractivity contribution in [3.8, 4) is 5.75 Å². The number of unbranched alkanes of at least 4 members (excludes halogenated alkanes) is 5. The predicted octanol–water partition coefficient (Wildman–Crippen LogP) is 6.28. The summed E-state index contributed by atoms with van der Waals surface area (Å²) < 4.78 is 5.81. The van der Waals surface area contributed by atoms with Crippen LogP contribution in [0.15, 0.2) is 23.1 Å². The van der Waals surface area contributed by atoms with Gasteiger partial charge in [-0.2, -0.15) is 0 Å². The largest absolute Gasteiger partial charge is 0.492 e. The summed E-state index contributed by atoms with van der Waals surface area (Å²) in [5.74, 6) is 0.863. The molecule has 0 aliphatic carbocycles. The first kappa shape index (κ1) is 17.3. The third-order valence-electron chi connectivity index (χ3n) is 3.57. The molecule has 0 aliphatic rings. The Labute approximate surface area is 130 Å². The van der Waals surface area contributed by atoms with Crippen LogP contribution in [0.25, 0.3) is 0 Å². The molecule has 0 N–H and O–H groups in total. The minimum atomic E-state index is 0.144. The van der Waals surface area contributed by atoms with Crippen molar-refractivity contribution in [3.63, 3.8) is 0 Å². The first-order chi connectivity index (χ1) is 9.45. The van der Waals surface area contributed by atoms with Gasteiger partial charge in [-0.3, -0.25) is 0 Å². The molecule has 0 bridgehead atoms. The topological polar surface area (TPSA) is 9.23 Å².